The molecular formula is C34H22ClN. The second kappa shape index (κ2) is 8.41. The van der Waals surface area contributed by atoms with Crippen LogP contribution in [0.15, 0.2) is 127 Å². The van der Waals surface area contributed by atoms with Crippen LogP contribution in [0.5, 0.6) is 0 Å². The summed E-state index contributed by atoms with van der Waals surface area (Å²) in [7, 11) is 0. The van der Waals surface area contributed by atoms with Crippen molar-refractivity contribution in [1.82, 2.24) is 4.98 Å². The molecule has 1 heterocycles. The number of benzene rings is 6. The minimum absolute atomic E-state index is 0.755. The second-order valence-corrected chi connectivity index (χ2v) is 9.54. The Hall–Kier alpha value is -4.33. The highest BCUT2D eigenvalue weighted by Crippen LogP contribution is 2.45. The van der Waals surface area contributed by atoms with Crippen LogP contribution in [-0.2, 0) is 0 Å². The molecular weight excluding hydrogens is 458 g/mol. The Kier molecular flexibility index (Phi) is 4.90. The van der Waals surface area contributed by atoms with Crippen molar-refractivity contribution in [2.24, 2.45) is 0 Å². The molecule has 1 nitrogen and oxygen atoms in total. The summed E-state index contributed by atoms with van der Waals surface area (Å²) in [6, 6.07) is 44.9. The van der Waals surface area contributed by atoms with Gasteiger partial charge in [0.25, 0.3) is 0 Å². The van der Waals surface area contributed by atoms with E-state index in [1.807, 2.05) is 18.2 Å². The first-order valence-electron chi connectivity index (χ1n) is 12.2. The second-order valence-electron chi connectivity index (χ2n) is 9.13. The van der Waals surface area contributed by atoms with Gasteiger partial charge in [-0.15, -0.1) is 0 Å². The van der Waals surface area contributed by atoms with E-state index in [4.69, 9.17) is 11.6 Å². The molecule has 36 heavy (non-hydrogen) atoms. The molecule has 0 radical (unpaired) electrons. The molecule has 0 atom stereocenters. The summed E-state index contributed by atoms with van der Waals surface area (Å²) in [4.78, 5) is 3.72. The van der Waals surface area contributed by atoms with Crippen LogP contribution < -0.4 is 0 Å². The van der Waals surface area contributed by atoms with E-state index in [0.29, 0.717) is 0 Å². The molecule has 7 aromatic rings. The zero-order valence-corrected chi connectivity index (χ0v) is 20.3. The van der Waals surface area contributed by atoms with E-state index in [2.05, 4.69) is 114 Å². The smallest absolute Gasteiger partial charge is 0.0544 e. The van der Waals surface area contributed by atoms with Crippen molar-refractivity contribution in [3.05, 3.63) is 132 Å². The molecule has 0 unspecified atom stereocenters. The van der Waals surface area contributed by atoms with Gasteiger partial charge in [0.1, 0.15) is 0 Å². The van der Waals surface area contributed by atoms with Gasteiger partial charge in [0.15, 0.2) is 0 Å². The molecule has 2 heteroatoms. The van der Waals surface area contributed by atoms with Gasteiger partial charge in [-0.25, -0.2) is 0 Å². The molecule has 170 valence electrons. The number of H-pyrrole nitrogens is 1. The number of hydrogen-bond acceptors (Lipinski definition) is 0. The Labute approximate surface area is 214 Å². The monoisotopic (exact) mass is 479 g/mol. The third kappa shape index (κ3) is 3.25. The average molecular weight is 480 g/mol. The fraction of sp³-hybridized carbons (Fsp3) is 0. The molecule has 0 saturated carbocycles. The van der Waals surface area contributed by atoms with Gasteiger partial charge in [-0.2, -0.15) is 0 Å². The predicted molar refractivity (Wildman–Crippen MR) is 155 cm³/mol. The van der Waals surface area contributed by atoms with E-state index < -0.39 is 0 Å². The maximum Gasteiger partial charge on any atom is 0.0544 e. The maximum atomic E-state index is 6.69. The summed E-state index contributed by atoms with van der Waals surface area (Å²) in [6.45, 7) is 0. The molecule has 1 N–H and O–H groups in total. The highest BCUT2D eigenvalue weighted by atomic mass is 35.5. The fourth-order valence-corrected chi connectivity index (χ4v) is 5.74. The highest BCUT2D eigenvalue weighted by Gasteiger charge is 2.19. The van der Waals surface area contributed by atoms with E-state index >= 15 is 0 Å². The predicted octanol–water partition coefficient (Wildman–Crippen LogP) is 10.1. The van der Waals surface area contributed by atoms with E-state index in [9.17, 15) is 0 Å². The van der Waals surface area contributed by atoms with Crippen LogP contribution in [-0.4, -0.2) is 4.98 Å². The molecule has 0 saturated heterocycles. The van der Waals surface area contributed by atoms with Gasteiger partial charge >= 0.3 is 0 Å². The lowest BCUT2D eigenvalue weighted by Gasteiger charge is -2.18. The molecule has 0 spiro atoms. The summed E-state index contributed by atoms with van der Waals surface area (Å²) in [5.41, 5.74) is 9.26. The Bertz CT molecular complexity index is 1910. The van der Waals surface area contributed by atoms with Gasteiger partial charge in [0.05, 0.1) is 5.52 Å². The molecule has 0 bridgehead atoms. The number of para-hydroxylation sites is 2. The molecule has 0 fully saturated rings. The van der Waals surface area contributed by atoms with E-state index in [1.54, 1.807) is 0 Å². The molecule has 7 rings (SSSR count). The number of hydrogen-bond donors (Lipinski definition) is 1. The van der Waals surface area contributed by atoms with Crippen molar-refractivity contribution >= 4 is 44.2 Å². The Morgan fingerprint density at radius 2 is 1.03 bits per heavy atom. The van der Waals surface area contributed by atoms with Gasteiger partial charge in [0.2, 0.25) is 0 Å². The Morgan fingerprint density at radius 3 is 1.86 bits per heavy atom. The SMILES string of the molecule is Clc1ccccc1-c1ccccc1-c1ccc2ccccc2c1-c1cccc2c1[nH]c1ccccc12. The van der Waals surface area contributed by atoms with Crippen LogP contribution in [0, 0.1) is 0 Å². The maximum absolute atomic E-state index is 6.69. The van der Waals surface area contributed by atoms with Gasteiger partial charge in [-0.05, 0) is 45.2 Å². The Morgan fingerprint density at radius 1 is 0.417 bits per heavy atom. The van der Waals surface area contributed by atoms with E-state index in [0.717, 1.165) is 27.2 Å². The summed E-state index contributed by atoms with van der Waals surface area (Å²) in [5, 5.41) is 5.69. The minimum Gasteiger partial charge on any atom is -0.354 e. The number of halogens is 1. The van der Waals surface area contributed by atoms with Crippen LogP contribution in [0.1, 0.15) is 0 Å². The zero-order valence-electron chi connectivity index (χ0n) is 19.5. The topological polar surface area (TPSA) is 15.8 Å². The standard InChI is InChI=1S/C34H22ClN/c35-31-18-7-5-14-26(31)24-12-3-4-13-25(24)28-21-20-22-10-1-2-11-23(22)33(28)30-17-9-16-29-27-15-6-8-19-32(27)36-34(29)30/h1-21,36H. The van der Waals surface area contributed by atoms with Crippen LogP contribution in [0.25, 0.3) is 66.0 Å². The number of fused-ring (bicyclic) bond motifs is 4. The lowest BCUT2D eigenvalue weighted by molar-refractivity contribution is 1.53. The number of aromatic nitrogens is 1. The third-order valence-electron chi connectivity index (χ3n) is 7.12. The van der Waals surface area contributed by atoms with Crippen LogP contribution in [0.3, 0.4) is 0 Å². The van der Waals surface area contributed by atoms with E-state index in [1.165, 1.54) is 43.8 Å². The summed E-state index contributed by atoms with van der Waals surface area (Å²) < 4.78 is 0. The van der Waals surface area contributed by atoms with Crippen LogP contribution in [0.4, 0.5) is 0 Å². The third-order valence-corrected chi connectivity index (χ3v) is 7.45. The minimum atomic E-state index is 0.755. The highest BCUT2D eigenvalue weighted by molar-refractivity contribution is 6.33. The number of rotatable bonds is 3. The van der Waals surface area contributed by atoms with Gasteiger partial charge in [0, 0.05) is 32.4 Å². The van der Waals surface area contributed by atoms with Crippen molar-refractivity contribution in [3.63, 3.8) is 0 Å². The first-order valence-corrected chi connectivity index (χ1v) is 12.5. The lowest BCUT2D eigenvalue weighted by Crippen LogP contribution is -1.92. The first-order chi connectivity index (χ1) is 17.8. The van der Waals surface area contributed by atoms with Crippen molar-refractivity contribution in [3.8, 4) is 33.4 Å². The Balaban J connectivity index is 1.61. The van der Waals surface area contributed by atoms with Crippen molar-refractivity contribution in [2.45, 2.75) is 0 Å². The normalized spacial score (nSPS) is 11.5. The molecule has 0 aliphatic carbocycles. The van der Waals surface area contributed by atoms with Gasteiger partial charge in [-0.1, -0.05) is 127 Å². The van der Waals surface area contributed by atoms with Gasteiger partial charge in [-0.3, -0.25) is 0 Å². The summed E-state index contributed by atoms with van der Waals surface area (Å²) in [6.07, 6.45) is 0. The summed E-state index contributed by atoms with van der Waals surface area (Å²) in [5.74, 6) is 0. The summed E-state index contributed by atoms with van der Waals surface area (Å²) >= 11 is 6.69. The molecule has 1 aromatic heterocycles. The molecule has 0 aliphatic rings. The van der Waals surface area contributed by atoms with Crippen molar-refractivity contribution in [1.29, 1.82) is 0 Å². The molecule has 0 amide bonds. The van der Waals surface area contributed by atoms with Crippen LogP contribution >= 0.6 is 11.6 Å². The fourth-order valence-electron chi connectivity index (χ4n) is 5.50. The number of aromatic amines is 1. The number of nitrogens with one attached hydrogen (secondary N) is 1. The van der Waals surface area contributed by atoms with E-state index in [-0.39, 0.29) is 0 Å². The van der Waals surface area contributed by atoms with Crippen molar-refractivity contribution in [2.75, 3.05) is 0 Å². The van der Waals surface area contributed by atoms with Gasteiger partial charge < -0.3 is 4.98 Å². The zero-order chi connectivity index (χ0) is 24.1. The van der Waals surface area contributed by atoms with Crippen LogP contribution in [0.2, 0.25) is 5.02 Å². The quantitative estimate of drug-likeness (QED) is 0.259. The average Bonchev–Trinajstić information content (AvgIpc) is 3.32. The molecule has 6 aromatic carbocycles. The largest absolute Gasteiger partial charge is 0.354 e. The first kappa shape index (κ1) is 21.0. The molecule has 0 aliphatic heterocycles. The van der Waals surface area contributed by atoms with Crippen molar-refractivity contribution < 1.29 is 0 Å². The lowest BCUT2D eigenvalue weighted by atomic mass is 9.86.